The van der Waals surface area contributed by atoms with E-state index in [1.54, 1.807) is 11.1 Å². The average molecular weight is 423 g/mol. The first-order valence-electron chi connectivity index (χ1n) is 12.8. The molecular weight excluding hydrogens is 382 g/mol. The largest absolute Gasteiger partial charge is 0.374 e. The van der Waals surface area contributed by atoms with Crippen LogP contribution in [0.5, 0.6) is 0 Å². The van der Waals surface area contributed by atoms with Crippen molar-refractivity contribution in [3.63, 3.8) is 0 Å². The van der Waals surface area contributed by atoms with Crippen molar-refractivity contribution in [2.45, 2.75) is 95.9 Å². The summed E-state index contributed by atoms with van der Waals surface area (Å²) in [5.41, 5.74) is 5.43. The van der Waals surface area contributed by atoms with Gasteiger partial charge in [0.05, 0.1) is 0 Å². The molecule has 1 atom stereocenters. The molecule has 0 saturated heterocycles. The molecule has 1 aromatic rings. The summed E-state index contributed by atoms with van der Waals surface area (Å²) in [6.07, 6.45) is 23.0. The van der Waals surface area contributed by atoms with Crippen LogP contribution in [-0.2, 0) is 11.2 Å². The van der Waals surface area contributed by atoms with E-state index in [1.807, 2.05) is 18.2 Å². The van der Waals surface area contributed by atoms with Gasteiger partial charge in [0.2, 0.25) is 6.04 Å². The Morgan fingerprint density at radius 3 is 2.74 bits per heavy atom. The Morgan fingerprint density at radius 2 is 1.87 bits per heavy atom. The van der Waals surface area contributed by atoms with Crippen molar-refractivity contribution in [3.05, 3.63) is 58.0 Å². The topological polar surface area (TPSA) is 29.3 Å². The Hall–Kier alpha value is -1.74. The van der Waals surface area contributed by atoms with Crippen molar-refractivity contribution in [1.82, 2.24) is 0 Å². The lowest BCUT2D eigenvalue weighted by molar-refractivity contribution is -0.499. The van der Waals surface area contributed by atoms with Gasteiger partial charge in [-0.05, 0) is 70.1 Å². The zero-order chi connectivity index (χ0) is 21.3. The summed E-state index contributed by atoms with van der Waals surface area (Å²) in [7, 11) is 0. The highest BCUT2D eigenvalue weighted by molar-refractivity contribution is 5.42. The van der Waals surface area contributed by atoms with Crippen LogP contribution in [0.3, 0.4) is 0 Å². The van der Waals surface area contributed by atoms with Gasteiger partial charge in [-0.1, -0.05) is 60.8 Å². The summed E-state index contributed by atoms with van der Waals surface area (Å²) in [6, 6.07) is 7.85. The number of fused-ring (bicyclic) bond motifs is 1. The highest BCUT2D eigenvalue weighted by Gasteiger charge is 2.38. The number of para-hydroxylation sites is 1. The van der Waals surface area contributed by atoms with Crippen LogP contribution >= 0.6 is 0 Å². The Morgan fingerprint density at radius 1 is 1.00 bits per heavy atom. The molecular formula is C28H40NO2+. The van der Waals surface area contributed by atoms with E-state index in [0.717, 1.165) is 41.4 Å². The number of ether oxygens (including phenoxy) is 1. The molecule has 0 amide bonds. The fraction of sp³-hybridized carbons (Fsp3) is 0.643. The molecule has 1 saturated carbocycles. The summed E-state index contributed by atoms with van der Waals surface area (Å²) in [6.45, 7) is 1.30. The van der Waals surface area contributed by atoms with Crippen LogP contribution in [0.15, 0.2) is 47.6 Å². The minimum Gasteiger partial charge on any atom is -0.374 e. The number of allylic oxidation sites excluding steroid dienone is 4. The molecule has 0 N–H and O–H groups in total. The maximum Gasteiger partial charge on any atom is 0.259 e. The maximum atomic E-state index is 12.3. The summed E-state index contributed by atoms with van der Waals surface area (Å²) in [4.78, 5) is 12.3. The third-order valence-corrected chi connectivity index (χ3v) is 7.47. The van der Waals surface area contributed by atoms with Crippen LogP contribution in [0, 0.1) is 10.8 Å². The average Bonchev–Trinajstić information content (AvgIpc) is 3.10. The molecule has 0 bridgehead atoms. The lowest BCUT2D eigenvalue weighted by Crippen LogP contribution is -2.23. The molecule has 0 radical (unpaired) electrons. The van der Waals surface area contributed by atoms with E-state index in [0.29, 0.717) is 6.61 Å². The second-order valence-corrected chi connectivity index (χ2v) is 9.75. The van der Waals surface area contributed by atoms with Gasteiger partial charge < -0.3 is 4.74 Å². The third kappa shape index (κ3) is 6.38. The van der Waals surface area contributed by atoms with Gasteiger partial charge >= 0.3 is 0 Å². The summed E-state index contributed by atoms with van der Waals surface area (Å²) >= 11 is 0. The molecule has 168 valence electrons. The Labute approximate surface area is 188 Å². The van der Waals surface area contributed by atoms with Gasteiger partial charge in [-0.25, -0.2) is 0 Å². The second-order valence-electron chi connectivity index (χ2n) is 9.75. The smallest absolute Gasteiger partial charge is 0.259 e. The van der Waals surface area contributed by atoms with Gasteiger partial charge in [-0.15, -0.1) is 0 Å². The molecule has 2 aliphatic carbocycles. The lowest BCUT2D eigenvalue weighted by atomic mass is 9.80. The van der Waals surface area contributed by atoms with Crippen LogP contribution in [-0.4, -0.2) is 24.0 Å². The molecule has 3 heteroatoms. The second kappa shape index (κ2) is 11.8. The van der Waals surface area contributed by atoms with Crippen molar-refractivity contribution in [2.75, 3.05) is 13.2 Å². The summed E-state index contributed by atoms with van der Waals surface area (Å²) in [5.74, 6) is 0.909. The molecule has 1 aromatic carbocycles. The molecule has 1 aliphatic heterocycles. The van der Waals surface area contributed by atoms with Crippen LogP contribution in [0.25, 0.3) is 0 Å². The molecule has 3 nitrogen and oxygen atoms in total. The molecule has 0 aromatic heterocycles. The fourth-order valence-electron chi connectivity index (χ4n) is 5.67. The first kappa shape index (κ1) is 22.5. The van der Waals surface area contributed by atoms with Gasteiger partial charge in [-0.2, -0.15) is 0 Å². The number of hydrogen-bond acceptors (Lipinski definition) is 2. The summed E-state index contributed by atoms with van der Waals surface area (Å²) < 4.78 is 6.99. The summed E-state index contributed by atoms with van der Waals surface area (Å²) in [5, 5.41) is 0. The van der Waals surface area contributed by atoms with Crippen LogP contribution in [0.1, 0.15) is 89.0 Å². The number of nitrogens with zero attached hydrogens (tertiary/aromatic N) is 1. The maximum absolute atomic E-state index is 12.3. The van der Waals surface area contributed by atoms with Gasteiger partial charge in [0.15, 0.2) is 0 Å². The number of hydrogen-bond donors (Lipinski definition) is 0. The third-order valence-electron chi connectivity index (χ3n) is 7.47. The first-order valence-corrected chi connectivity index (χ1v) is 12.8. The predicted molar refractivity (Wildman–Crippen MR) is 128 cm³/mol. The van der Waals surface area contributed by atoms with Gasteiger partial charge in [0.25, 0.3) is 5.69 Å². The monoisotopic (exact) mass is 422 g/mol. The number of nitroso groups, excluding NO2 is 1. The highest BCUT2D eigenvalue weighted by atomic mass is 16.5. The normalized spacial score (nSPS) is 24.0. The van der Waals surface area contributed by atoms with Crippen molar-refractivity contribution in [1.29, 1.82) is 0 Å². The fourth-order valence-corrected chi connectivity index (χ4v) is 5.67. The Bertz CT molecular complexity index is 788. The van der Waals surface area contributed by atoms with E-state index in [1.165, 1.54) is 77.0 Å². The number of rotatable bonds is 8. The zero-order valence-corrected chi connectivity index (χ0v) is 19.2. The zero-order valence-electron chi connectivity index (χ0n) is 19.2. The minimum absolute atomic E-state index is 0.0546. The van der Waals surface area contributed by atoms with Gasteiger partial charge in [-0.3, -0.25) is 0 Å². The molecule has 1 unspecified atom stereocenters. The first-order chi connectivity index (χ1) is 15.3. The lowest BCUT2D eigenvalue weighted by Gasteiger charge is -2.26. The Balaban J connectivity index is 1.09. The SMILES string of the molecule is O=[N+]1c2ccccc2CC1COCCCC/C=C1\CCC=C(C2CCCCC2)CCC1. The molecule has 31 heavy (non-hydrogen) atoms. The van der Waals surface area contributed by atoms with Crippen LogP contribution in [0.2, 0.25) is 0 Å². The van der Waals surface area contributed by atoms with E-state index in [2.05, 4.69) is 18.2 Å². The van der Waals surface area contributed by atoms with Crippen LogP contribution in [0.4, 0.5) is 5.69 Å². The minimum atomic E-state index is -0.0546. The van der Waals surface area contributed by atoms with E-state index < -0.39 is 0 Å². The Kier molecular flexibility index (Phi) is 8.52. The molecule has 1 heterocycles. The van der Waals surface area contributed by atoms with E-state index in [-0.39, 0.29) is 6.04 Å². The van der Waals surface area contributed by atoms with Gasteiger partial charge in [0, 0.05) is 34.3 Å². The predicted octanol–water partition coefficient (Wildman–Crippen LogP) is 7.61. The van der Waals surface area contributed by atoms with E-state index in [4.69, 9.17) is 4.74 Å². The molecule has 3 aliphatic rings. The number of unbranched alkanes of at least 4 members (excludes halogenated alkanes) is 2. The standard InChI is InChI=1S/C28H40NO2/c30-29-27(21-26-16-6-7-19-28(26)29)22-31-20-8-2-3-11-23-12-9-17-25(18-10-13-23)24-14-4-1-5-15-24/h6-7,11,16-17,19,24,27H,1-5,8-10,12-15,18,20-22H2/q+1/b23-11+,25-17?. The number of benzene rings is 1. The molecule has 1 fully saturated rings. The quantitative estimate of drug-likeness (QED) is 0.245. The highest BCUT2D eigenvalue weighted by Crippen LogP contribution is 2.34. The van der Waals surface area contributed by atoms with Crippen molar-refractivity contribution >= 4 is 5.69 Å². The van der Waals surface area contributed by atoms with E-state index >= 15 is 0 Å². The van der Waals surface area contributed by atoms with Crippen molar-refractivity contribution in [3.8, 4) is 0 Å². The van der Waals surface area contributed by atoms with Gasteiger partial charge in [0.1, 0.15) is 6.61 Å². The molecule has 0 spiro atoms. The van der Waals surface area contributed by atoms with Crippen molar-refractivity contribution < 1.29 is 9.50 Å². The molecule has 4 rings (SSSR count). The van der Waals surface area contributed by atoms with Crippen molar-refractivity contribution in [2.24, 2.45) is 5.92 Å². The van der Waals surface area contributed by atoms with Crippen LogP contribution < -0.4 is 0 Å². The van der Waals surface area contributed by atoms with E-state index in [9.17, 15) is 4.91 Å².